The van der Waals surface area contributed by atoms with E-state index in [2.05, 4.69) is 27.7 Å². The van der Waals surface area contributed by atoms with Crippen LogP contribution in [0, 0.1) is 58.2 Å². The van der Waals surface area contributed by atoms with Gasteiger partial charge in [0, 0.05) is 5.92 Å². The van der Waals surface area contributed by atoms with E-state index in [-0.39, 0.29) is 34.0 Å². The van der Waals surface area contributed by atoms with Gasteiger partial charge in [-0.25, -0.2) is 0 Å². The molecule has 0 spiro atoms. The van der Waals surface area contributed by atoms with Crippen LogP contribution >= 0.6 is 0 Å². The van der Waals surface area contributed by atoms with Gasteiger partial charge in [0.25, 0.3) is 0 Å². The first-order valence-electron chi connectivity index (χ1n) is 16.8. The fourth-order valence-corrected chi connectivity index (χ4v) is 10.0. The minimum atomic E-state index is -0.336. The van der Waals surface area contributed by atoms with Gasteiger partial charge in [0.05, 0.1) is 10.8 Å². The van der Waals surface area contributed by atoms with Crippen LogP contribution in [-0.4, -0.2) is 23.1 Å². The molecule has 0 aromatic rings. The standard InChI is InChI=1S/C18H30O2.C17H28O2/c1-5-17(3,4)16(19)20-18(6-2)11-12-10-15(18)14-9-7-8-13(12)14;1-5-16(2,3)15(18)19-17(4)13-7-11-6-12(9-13)10-14(17)8-11/h12-15H,5-11H2,1-4H3;11-14H,5-10H2,1-4H3. The van der Waals surface area contributed by atoms with Crippen LogP contribution in [-0.2, 0) is 19.1 Å². The maximum atomic E-state index is 12.6. The molecule has 0 aromatic carbocycles. The van der Waals surface area contributed by atoms with Crippen LogP contribution in [0.1, 0.15) is 139 Å². The molecule has 0 N–H and O–H groups in total. The lowest BCUT2D eigenvalue weighted by molar-refractivity contribution is -0.211. The van der Waals surface area contributed by atoms with Gasteiger partial charge in [0.15, 0.2) is 0 Å². The van der Waals surface area contributed by atoms with Crippen molar-refractivity contribution in [1.82, 2.24) is 0 Å². The molecular formula is C35H58O4. The molecule has 0 aromatic heterocycles. The highest BCUT2D eigenvalue weighted by Gasteiger charge is 2.62. The van der Waals surface area contributed by atoms with Crippen LogP contribution < -0.4 is 0 Å². The first-order chi connectivity index (χ1) is 18.3. The van der Waals surface area contributed by atoms with Gasteiger partial charge < -0.3 is 9.47 Å². The molecule has 7 saturated carbocycles. The number of esters is 2. The van der Waals surface area contributed by atoms with Crippen molar-refractivity contribution in [2.45, 2.75) is 150 Å². The zero-order valence-electron chi connectivity index (χ0n) is 26.4. The second-order valence-electron chi connectivity index (χ2n) is 16.2. The normalized spacial score (nSPS) is 43.6. The van der Waals surface area contributed by atoms with Gasteiger partial charge in [0.1, 0.15) is 11.2 Å². The molecule has 5 unspecified atom stereocenters. The van der Waals surface area contributed by atoms with Crippen molar-refractivity contribution >= 4 is 11.9 Å². The molecule has 39 heavy (non-hydrogen) atoms. The van der Waals surface area contributed by atoms with Crippen LogP contribution in [0.5, 0.6) is 0 Å². The highest BCUT2D eigenvalue weighted by Crippen LogP contribution is 2.64. The number of hydrogen-bond acceptors (Lipinski definition) is 4. The lowest BCUT2D eigenvalue weighted by Gasteiger charge is -2.59. The van der Waals surface area contributed by atoms with Gasteiger partial charge in [-0.05, 0) is 153 Å². The number of ether oxygens (including phenoxy) is 2. The van der Waals surface area contributed by atoms with Gasteiger partial charge in [-0.3, -0.25) is 9.59 Å². The van der Waals surface area contributed by atoms with Crippen molar-refractivity contribution in [2.24, 2.45) is 58.2 Å². The third-order valence-electron chi connectivity index (χ3n) is 13.4. The Bertz CT molecular complexity index is 905. The summed E-state index contributed by atoms with van der Waals surface area (Å²) in [6, 6.07) is 0. The van der Waals surface area contributed by atoms with Crippen LogP contribution in [0.4, 0.5) is 0 Å². The van der Waals surface area contributed by atoms with Gasteiger partial charge in [0.2, 0.25) is 0 Å². The molecule has 4 heteroatoms. The van der Waals surface area contributed by atoms with Crippen molar-refractivity contribution in [2.75, 3.05) is 0 Å². The van der Waals surface area contributed by atoms with E-state index >= 15 is 0 Å². The van der Waals surface area contributed by atoms with Crippen molar-refractivity contribution < 1.29 is 19.1 Å². The third kappa shape index (κ3) is 5.00. The van der Waals surface area contributed by atoms with E-state index in [1.807, 2.05) is 27.7 Å². The van der Waals surface area contributed by atoms with Gasteiger partial charge >= 0.3 is 11.9 Å². The summed E-state index contributed by atoms with van der Waals surface area (Å²) < 4.78 is 12.3. The summed E-state index contributed by atoms with van der Waals surface area (Å²) in [5.74, 6) is 6.45. The summed E-state index contributed by atoms with van der Waals surface area (Å²) in [7, 11) is 0. The predicted molar refractivity (Wildman–Crippen MR) is 156 cm³/mol. The maximum absolute atomic E-state index is 12.6. The van der Waals surface area contributed by atoms with Crippen LogP contribution in [0.25, 0.3) is 0 Å². The van der Waals surface area contributed by atoms with Crippen LogP contribution in [0.2, 0.25) is 0 Å². The summed E-state index contributed by atoms with van der Waals surface area (Å²) in [6.07, 6.45) is 16.0. The minimum absolute atomic E-state index is 0.0185. The van der Waals surface area contributed by atoms with E-state index in [1.54, 1.807) is 0 Å². The lowest BCUT2D eigenvalue weighted by atomic mass is 9.50. The van der Waals surface area contributed by atoms with Gasteiger partial charge in [-0.1, -0.05) is 27.2 Å². The van der Waals surface area contributed by atoms with E-state index in [9.17, 15) is 9.59 Å². The van der Waals surface area contributed by atoms with Gasteiger partial charge in [-0.15, -0.1) is 0 Å². The molecule has 4 nitrogen and oxygen atoms in total. The van der Waals surface area contributed by atoms with E-state index in [0.29, 0.717) is 17.8 Å². The van der Waals surface area contributed by atoms with Crippen molar-refractivity contribution in [3.63, 3.8) is 0 Å². The number of carbonyl (C=O) groups is 2. The molecule has 0 aliphatic heterocycles. The Kier molecular flexibility index (Phi) is 7.80. The monoisotopic (exact) mass is 542 g/mol. The zero-order valence-corrected chi connectivity index (χ0v) is 26.4. The van der Waals surface area contributed by atoms with E-state index < -0.39 is 0 Å². The second-order valence-corrected chi connectivity index (χ2v) is 16.2. The second kappa shape index (κ2) is 10.3. The average Bonchev–Trinajstić information content (AvgIpc) is 3.60. The molecule has 0 amide bonds. The van der Waals surface area contributed by atoms with E-state index in [1.165, 1.54) is 57.8 Å². The molecule has 0 heterocycles. The molecule has 0 saturated heterocycles. The first kappa shape index (κ1) is 29.4. The topological polar surface area (TPSA) is 52.6 Å². The van der Waals surface area contributed by atoms with Gasteiger partial charge in [-0.2, -0.15) is 0 Å². The summed E-state index contributed by atoms with van der Waals surface area (Å²) in [6.45, 7) is 16.6. The smallest absolute Gasteiger partial charge is 0.312 e. The maximum Gasteiger partial charge on any atom is 0.312 e. The molecule has 7 fully saturated rings. The summed E-state index contributed by atoms with van der Waals surface area (Å²) in [5, 5.41) is 0. The Labute approximate surface area is 239 Å². The van der Waals surface area contributed by atoms with Crippen molar-refractivity contribution in [3.05, 3.63) is 0 Å². The fourth-order valence-electron chi connectivity index (χ4n) is 10.0. The van der Waals surface area contributed by atoms with Crippen molar-refractivity contribution in [3.8, 4) is 0 Å². The van der Waals surface area contributed by atoms with Crippen LogP contribution in [0.3, 0.4) is 0 Å². The quantitative estimate of drug-likeness (QED) is 0.302. The van der Waals surface area contributed by atoms with Crippen molar-refractivity contribution in [1.29, 1.82) is 0 Å². The number of rotatable bonds is 7. The molecular weight excluding hydrogens is 484 g/mol. The average molecular weight is 543 g/mol. The highest BCUT2D eigenvalue weighted by atomic mass is 16.6. The number of fused-ring (bicyclic) bond motifs is 5. The largest absolute Gasteiger partial charge is 0.458 e. The molecule has 7 aliphatic rings. The Hall–Kier alpha value is -1.06. The molecule has 222 valence electrons. The Morgan fingerprint density at radius 2 is 1.26 bits per heavy atom. The lowest BCUT2D eigenvalue weighted by Crippen LogP contribution is -2.58. The number of hydrogen-bond donors (Lipinski definition) is 0. The predicted octanol–water partition coefficient (Wildman–Crippen LogP) is 8.75. The summed E-state index contributed by atoms with van der Waals surface area (Å²) in [5.41, 5.74) is -0.965. The highest BCUT2D eigenvalue weighted by molar-refractivity contribution is 5.76. The summed E-state index contributed by atoms with van der Waals surface area (Å²) >= 11 is 0. The molecule has 7 aliphatic carbocycles. The fraction of sp³-hybridized carbons (Fsp3) is 0.943. The molecule has 5 atom stereocenters. The Balaban J connectivity index is 0.000000158. The van der Waals surface area contributed by atoms with E-state index in [0.717, 1.165) is 55.3 Å². The first-order valence-corrected chi connectivity index (χ1v) is 16.8. The van der Waals surface area contributed by atoms with E-state index in [4.69, 9.17) is 9.47 Å². The van der Waals surface area contributed by atoms with Crippen LogP contribution in [0.15, 0.2) is 0 Å². The number of carbonyl (C=O) groups excluding carboxylic acids is 2. The Morgan fingerprint density at radius 1 is 0.744 bits per heavy atom. The molecule has 0 radical (unpaired) electrons. The summed E-state index contributed by atoms with van der Waals surface area (Å²) in [4.78, 5) is 25.0. The zero-order chi connectivity index (χ0) is 28.4. The minimum Gasteiger partial charge on any atom is -0.458 e. The molecule has 7 rings (SSSR count). The Morgan fingerprint density at radius 3 is 1.77 bits per heavy atom. The third-order valence-corrected chi connectivity index (χ3v) is 13.4. The molecule has 6 bridgehead atoms. The SMILES string of the molecule is CCC(C)(C)C(=O)OC1(C)C2CC3CC(C2)CC1C3.CCC(C)(C)C(=O)OC1(CC)CC2CC1C1CCCC21.